The van der Waals surface area contributed by atoms with Gasteiger partial charge in [0.1, 0.15) is 0 Å². The topological polar surface area (TPSA) is 0 Å². The predicted octanol–water partition coefficient (Wildman–Crippen LogP) is -1.82. The summed E-state index contributed by atoms with van der Waals surface area (Å²) in [7, 11) is -1.27. The Morgan fingerprint density at radius 3 is 2.56 bits per heavy atom. The van der Waals surface area contributed by atoms with Gasteiger partial charge in [-0.15, -0.1) is 0 Å². The second kappa shape index (κ2) is 7.84. The maximum atomic E-state index is 4.04. The Balaban J connectivity index is 0.00000144. The summed E-state index contributed by atoms with van der Waals surface area (Å²) in [6.07, 6.45) is 15.2. The van der Waals surface area contributed by atoms with Crippen molar-refractivity contribution in [1.29, 1.82) is 0 Å². The molecular formula is C14H18Cl2HfSi. The van der Waals surface area contributed by atoms with Crippen LogP contribution in [0.5, 0.6) is 0 Å². The van der Waals surface area contributed by atoms with Crippen LogP contribution in [0.2, 0.25) is 18.6 Å². The van der Waals surface area contributed by atoms with Crippen molar-refractivity contribution in [3.05, 3.63) is 55.4 Å². The van der Waals surface area contributed by atoms with Gasteiger partial charge in [-0.25, -0.2) is 0 Å². The molecule has 96 valence electrons. The quantitative estimate of drug-likeness (QED) is 0.431. The molecule has 4 heteroatoms. The van der Waals surface area contributed by atoms with Crippen LogP contribution in [0.15, 0.2) is 55.4 Å². The third-order valence-electron chi connectivity index (χ3n) is 3.32. The van der Waals surface area contributed by atoms with Gasteiger partial charge in [0.05, 0.1) is 0 Å². The molecule has 0 aromatic carbocycles. The van der Waals surface area contributed by atoms with Gasteiger partial charge in [0.15, 0.2) is 0 Å². The molecule has 18 heavy (non-hydrogen) atoms. The zero-order chi connectivity index (χ0) is 11.6. The minimum Gasteiger partial charge on any atom is -1.00 e. The van der Waals surface area contributed by atoms with Crippen LogP contribution in [-0.2, 0) is 22.9 Å². The second-order valence-corrected chi connectivity index (χ2v) is 14.9. The first kappa shape index (κ1) is 18.4. The fraction of sp³-hybridized carbons (Fsp3) is 0.286. The summed E-state index contributed by atoms with van der Waals surface area (Å²) < 4.78 is 3.53. The predicted molar refractivity (Wildman–Crippen MR) is 70.5 cm³/mol. The first-order valence-electron chi connectivity index (χ1n) is 5.78. The molecular weight excluding hydrogens is 446 g/mol. The van der Waals surface area contributed by atoms with E-state index in [1.165, 1.54) is 6.42 Å². The molecule has 0 heterocycles. The van der Waals surface area contributed by atoms with Crippen molar-refractivity contribution >= 4 is 8.07 Å². The van der Waals surface area contributed by atoms with Gasteiger partial charge in [-0.2, -0.15) is 0 Å². The van der Waals surface area contributed by atoms with Gasteiger partial charge in [-0.05, 0) is 0 Å². The van der Waals surface area contributed by atoms with Gasteiger partial charge in [0.25, 0.3) is 0 Å². The van der Waals surface area contributed by atoms with Crippen molar-refractivity contribution in [2.24, 2.45) is 0 Å². The molecule has 0 aromatic rings. The molecule has 0 radical (unpaired) electrons. The van der Waals surface area contributed by atoms with Crippen LogP contribution in [0.3, 0.4) is 0 Å². The zero-order valence-electron chi connectivity index (χ0n) is 10.8. The van der Waals surface area contributed by atoms with Gasteiger partial charge in [0, 0.05) is 0 Å². The Kier molecular flexibility index (Phi) is 8.00. The molecule has 0 N–H and O–H groups in total. The van der Waals surface area contributed by atoms with E-state index in [9.17, 15) is 0 Å². The van der Waals surface area contributed by atoms with E-state index < -0.39 is 31.0 Å². The van der Waals surface area contributed by atoms with Crippen LogP contribution in [0.4, 0.5) is 0 Å². The summed E-state index contributed by atoms with van der Waals surface area (Å²) >= 11 is -0.723. The normalized spacial score (nSPS) is 20.4. The van der Waals surface area contributed by atoms with E-state index in [2.05, 4.69) is 61.8 Å². The zero-order valence-corrected chi connectivity index (χ0v) is 16.9. The number of halogens is 2. The van der Waals surface area contributed by atoms with Crippen LogP contribution in [0.1, 0.15) is 6.42 Å². The molecule has 2 aliphatic carbocycles. The summed E-state index contributed by atoms with van der Waals surface area (Å²) in [6.45, 7) is 8.90. The largest absolute Gasteiger partial charge is 1.00 e. The van der Waals surface area contributed by atoms with Crippen LogP contribution in [0, 0.1) is 0 Å². The van der Waals surface area contributed by atoms with E-state index in [4.69, 9.17) is 0 Å². The summed E-state index contributed by atoms with van der Waals surface area (Å²) in [5.74, 6) is 0. The van der Waals surface area contributed by atoms with Crippen molar-refractivity contribution < 1.29 is 47.7 Å². The SMILES string of the molecule is C=C[Si](C)(C)C1C=CC=[C]1[Hf+2][C]1=CC=CC1.[Cl-].[Cl-]. The number of hydrogen-bond acceptors (Lipinski definition) is 0. The van der Waals surface area contributed by atoms with E-state index in [1.807, 2.05) is 0 Å². The molecule has 0 spiro atoms. The number of hydrogen-bond donors (Lipinski definition) is 0. The van der Waals surface area contributed by atoms with Crippen LogP contribution in [-0.4, -0.2) is 8.07 Å². The molecule has 0 bridgehead atoms. The van der Waals surface area contributed by atoms with E-state index >= 15 is 0 Å². The molecule has 0 aliphatic heterocycles. The van der Waals surface area contributed by atoms with Gasteiger partial charge in [0.2, 0.25) is 0 Å². The molecule has 0 fully saturated rings. The molecule has 0 nitrogen and oxygen atoms in total. The molecule has 1 atom stereocenters. The first-order chi connectivity index (χ1) is 7.63. The second-order valence-electron chi connectivity index (χ2n) is 4.96. The average molecular weight is 464 g/mol. The number of allylic oxidation sites excluding steroid dienone is 8. The Morgan fingerprint density at radius 2 is 2.00 bits per heavy atom. The van der Waals surface area contributed by atoms with Gasteiger partial charge in [-0.3, -0.25) is 0 Å². The van der Waals surface area contributed by atoms with E-state index in [0.717, 1.165) is 5.54 Å². The van der Waals surface area contributed by atoms with Crippen LogP contribution < -0.4 is 24.8 Å². The van der Waals surface area contributed by atoms with Crippen molar-refractivity contribution in [3.8, 4) is 0 Å². The van der Waals surface area contributed by atoms with Gasteiger partial charge < -0.3 is 24.8 Å². The monoisotopic (exact) mass is 464 g/mol. The van der Waals surface area contributed by atoms with Crippen molar-refractivity contribution in [2.75, 3.05) is 0 Å². The van der Waals surface area contributed by atoms with E-state index in [-0.39, 0.29) is 24.8 Å². The molecule has 2 rings (SSSR count). The van der Waals surface area contributed by atoms with Crippen LogP contribution >= 0.6 is 0 Å². The molecule has 2 aliphatic rings. The summed E-state index contributed by atoms with van der Waals surface area (Å²) in [4.78, 5) is 0. The minimum atomic E-state index is -1.27. The van der Waals surface area contributed by atoms with E-state index in [0.29, 0.717) is 0 Å². The Morgan fingerprint density at radius 1 is 1.28 bits per heavy atom. The third-order valence-corrected chi connectivity index (χ3v) is 12.8. The maximum absolute atomic E-state index is 4.04. The van der Waals surface area contributed by atoms with Crippen molar-refractivity contribution in [2.45, 2.75) is 25.1 Å². The van der Waals surface area contributed by atoms with Gasteiger partial charge in [-0.1, -0.05) is 0 Å². The maximum Gasteiger partial charge on any atom is -1.00 e. The smallest absolute Gasteiger partial charge is 1.00 e. The summed E-state index contributed by atoms with van der Waals surface area (Å²) in [5, 5.41) is 0. The Bertz CT molecular complexity index is 420. The fourth-order valence-corrected chi connectivity index (χ4v) is 12.8. The third kappa shape index (κ3) is 4.19. The Labute approximate surface area is 135 Å². The molecule has 1 unspecified atom stereocenters. The first-order valence-corrected chi connectivity index (χ1v) is 12.5. The fourth-order valence-electron chi connectivity index (χ4n) is 2.10. The molecule has 0 amide bonds. The van der Waals surface area contributed by atoms with Crippen molar-refractivity contribution in [1.82, 2.24) is 0 Å². The standard InChI is InChI=1S/C9H13Si.C5H5.2ClH.Hf/c1-4-10(2,3)9-7-5-6-8-9;1-2-4-5-3-1;;;/h4-7,9H,1H2,2-3H3;1-3H,4H2;2*1H;/q;;;;+2/p-2. The Hall–Kier alpha value is 0.367. The molecule has 0 saturated heterocycles. The van der Waals surface area contributed by atoms with E-state index in [1.54, 1.807) is 6.66 Å². The van der Waals surface area contributed by atoms with Crippen LogP contribution in [0.25, 0.3) is 0 Å². The van der Waals surface area contributed by atoms with Gasteiger partial charge >= 0.3 is 111 Å². The average Bonchev–Trinajstić information content (AvgIpc) is 2.89. The minimum absolute atomic E-state index is 0. The summed E-state index contributed by atoms with van der Waals surface area (Å²) in [5.41, 5.74) is 2.99. The summed E-state index contributed by atoms with van der Waals surface area (Å²) in [6, 6.07) is 0. The molecule has 0 aromatic heterocycles. The number of rotatable bonds is 4. The molecule has 0 saturated carbocycles. The van der Waals surface area contributed by atoms with Crippen molar-refractivity contribution in [3.63, 3.8) is 0 Å².